The fourth-order valence-corrected chi connectivity index (χ4v) is 6.40. The third-order valence-electron chi connectivity index (χ3n) is 6.36. The lowest BCUT2D eigenvalue weighted by Crippen LogP contribution is -2.26. The van der Waals surface area contributed by atoms with Crippen molar-refractivity contribution in [1.82, 2.24) is 14.8 Å². The minimum Gasteiger partial charge on any atom is -0.484 e. The van der Waals surface area contributed by atoms with Crippen LogP contribution in [-0.2, 0) is 31.3 Å². The van der Waals surface area contributed by atoms with Crippen LogP contribution in [0.1, 0.15) is 49.0 Å². The highest BCUT2D eigenvalue weighted by Crippen LogP contribution is 2.44. The number of thioether (sulfide) groups is 1. The fraction of sp³-hybridized carbons (Fsp3) is 0.440. The van der Waals surface area contributed by atoms with Gasteiger partial charge in [0.1, 0.15) is 29.2 Å². The number of nitrogens with zero attached hydrogens (tertiary/aromatic N) is 4. The summed E-state index contributed by atoms with van der Waals surface area (Å²) in [6.45, 7) is 6.85. The van der Waals surface area contributed by atoms with Crippen molar-refractivity contribution in [3.63, 3.8) is 0 Å². The molecule has 0 aliphatic heterocycles. The zero-order valence-corrected chi connectivity index (χ0v) is 22.9. The Morgan fingerprint density at radius 2 is 2.19 bits per heavy atom. The van der Waals surface area contributed by atoms with Gasteiger partial charge in [-0.3, -0.25) is 4.79 Å². The van der Waals surface area contributed by atoms with Crippen molar-refractivity contribution in [2.75, 3.05) is 11.1 Å². The van der Waals surface area contributed by atoms with Crippen molar-refractivity contribution in [2.24, 2.45) is 18.4 Å². The molecule has 0 spiro atoms. The average molecular weight is 548 g/mol. The van der Waals surface area contributed by atoms with Gasteiger partial charge in [0.05, 0.1) is 16.3 Å². The Kier molecular flexibility index (Phi) is 7.93. The van der Waals surface area contributed by atoms with E-state index in [-0.39, 0.29) is 28.7 Å². The third kappa shape index (κ3) is 5.85. The molecule has 2 heterocycles. The highest BCUT2D eigenvalue weighted by molar-refractivity contribution is 7.99. The SMILES string of the molecule is Cn1c(COc2ccc(F)cc2Cl)nnc1SCC(=O)Nc1sc2c(c1C#N)CCC(C(C)(C)C)C2. The number of aromatic nitrogens is 3. The number of carbonyl (C=O) groups is 1. The number of anilines is 1. The number of fused-ring (bicyclic) bond motifs is 1. The summed E-state index contributed by atoms with van der Waals surface area (Å²) >= 11 is 8.76. The lowest BCUT2D eigenvalue weighted by molar-refractivity contribution is -0.113. The zero-order chi connectivity index (χ0) is 26.0. The Labute approximate surface area is 223 Å². The molecule has 1 aliphatic rings. The summed E-state index contributed by atoms with van der Waals surface area (Å²) in [4.78, 5) is 13.9. The fourth-order valence-electron chi connectivity index (χ4n) is 4.16. The standard InChI is InChI=1S/C25H27ClFN5O2S2/c1-25(2,3)14-5-7-16-17(11-28)23(36-20(16)9-14)29-22(33)13-35-24-31-30-21(32(24)4)12-34-19-8-6-15(27)10-18(19)26/h6,8,10,14H,5,7,9,12-13H2,1-4H3,(H,29,33). The number of benzene rings is 1. The summed E-state index contributed by atoms with van der Waals surface area (Å²) in [6, 6.07) is 6.20. The first-order chi connectivity index (χ1) is 17.1. The number of hydrogen-bond acceptors (Lipinski definition) is 7. The van der Waals surface area contributed by atoms with Crippen molar-refractivity contribution in [1.29, 1.82) is 5.26 Å². The molecule has 1 atom stereocenters. The predicted octanol–water partition coefficient (Wildman–Crippen LogP) is 6.00. The van der Waals surface area contributed by atoms with E-state index in [1.54, 1.807) is 11.6 Å². The lowest BCUT2D eigenvalue weighted by atomic mass is 9.72. The molecule has 0 saturated heterocycles. The van der Waals surface area contributed by atoms with Gasteiger partial charge < -0.3 is 14.6 Å². The van der Waals surface area contributed by atoms with Crippen LogP contribution in [-0.4, -0.2) is 26.4 Å². The van der Waals surface area contributed by atoms with Crippen molar-refractivity contribution < 1.29 is 13.9 Å². The van der Waals surface area contributed by atoms with Gasteiger partial charge in [0.25, 0.3) is 0 Å². The van der Waals surface area contributed by atoms with E-state index < -0.39 is 5.82 Å². The van der Waals surface area contributed by atoms with Gasteiger partial charge in [-0.15, -0.1) is 21.5 Å². The van der Waals surface area contributed by atoms with Gasteiger partial charge in [-0.05, 0) is 54.4 Å². The second-order valence-electron chi connectivity index (χ2n) is 9.78. The molecule has 11 heteroatoms. The molecule has 1 amide bonds. The number of carbonyl (C=O) groups excluding carboxylic acids is 1. The molecule has 0 fully saturated rings. The van der Waals surface area contributed by atoms with Gasteiger partial charge in [-0.25, -0.2) is 4.39 Å². The van der Waals surface area contributed by atoms with Gasteiger partial charge in [0.15, 0.2) is 11.0 Å². The van der Waals surface area contributed by atoms with E-state index in [1.807, 2.05) is 0 Å². The van der Waals surface area contributed by atoms with Crippen LogP contribution in [0.3, 0.4) is 0 Å². The normalized spacial score (nSPS) is 15.3. The first-order valence-electron chi connectivity index (χ1n) is 11.5. The molecule has 1 N–H and O–H groups in total. The lowest BCUT2D eigenvalue weighted by Gasteiger charge is -2.33. The molecule has 0 bridgehead atoms. The molecule has 7 nitrogen and oxygen atoms in total. The number of hydrogen-bond donors (Lipinski definition) is 1. The Bertz CT molecular complexity index is 1330. The second kappa shape index (κ2) is 10.8. The molecule has 190 valence electrons. The molecular weight excluding hydrogens is 521 g/mol. The van der Waals surface area contributed by atoms with E-state index in [4.69, 9.17) is 16.3 Å². The number of nitrogens with one attached hydrogen (secondary N) is 1. The first-order valence-corrected chi connectivity index (χ1v) is 13.7. The number of halogens is 2. The molecule has 1 unspecified atom stereocenters. The first kappa shape index (κ1) is 26.5. The van der Waals surface area contributed by atoms with Crippen molar-refractivity contribution in [3.05, 3.63) is 50.9 Å². The number of nitriles is 1. The molecule has 0 saturated carbocycles. The Morgan fingerprint density at radius 1 is 1.42 bits per heavy atom. The Morgan fingerprint density at radius 3 is 2.89 bits per heavy atom. The van der Waals surface area contributed by atoms with Crippen molar-refractivity contribution in [3.8, 4) is 11.8 Å². The Hall–Kier alpha value is -2.61. The van der Waals surface area contributed by atoms with Gasteiger partial charge in [0.2, 0.25) is 5.91 Å². The van der Waals surface area contributed by atoms with E-state index in [1.165, 1.54) is 46.2 Å². The molecule has 3 aromatic rings. The number of thiophene rings is 1. The van der Waals surface area contributed by atoms with Crippen LogP contribution in [0, 0.1) is 28.5 Å². The molecule has 36 heavy (non-hydrogen) atoms. The maximum absolute atomic E-state index is 13.2. The van der Waals surface area contributed by atoms with Crippen LogP contribution in [0.5, 0.6) is 5.75 Å². The molecule has 0 radical (unpaired) electrons. The van der Waals surface area contributed by atoms with E-state index >= 15 is 0 Å². The summed E-state index contributed by atoms with van der Waals surface area (Å²) in [5.41, 5.74) is 1.89. The van der Waals surface area contributed by atoms with Crippen LogP contribution >= 0.6 is 34.7 Å². The predicted molar refractivity (Wildman–Crippen MR) is 140 cm³/mol. The van der Waals surface area contributed by atoms with Crippen LogP contribution in [0.4, 0.5) is 9.39 Å². The molecule has 2 aromatic heterocycles. The van der Waals surface area contributed by atoms with Crippen LogP contribution < -0.4 is 10.1 Å². The van der Waals surface area contributed by atoms with E-state index in [2.05, 4.69) is 42.4 Å². The monoisotopic (exact) mass is 547 g/mol. The summed E-state index contributed by atoms with van der Waals surface area (Å²) in [5.74, 6) is 0.902. The van der Waals surface area contributed by atoms with E-state index in [0.717, 1.165) is 24.8 Å². The molecule has 1 aromatic carbocycles. The summed E-state index contributed by atoms with van der Waals surface area (Å²) < 4.78 is 20.6. The number of ether oxygens (including phenoxy) is 1. The van der Waals surface area contributed by atoms with E-state index in [0.29, 0.717) is 33.2 Å². The number of rotatable bonds is 7. The van der Waals surface area contributed by atoms with Gasteiger partial charge in [-0.1, -0.05) is 44.1 Å². The molecule has 1 aliphatic carbocycles. The largest absolute Gasteiger partial charge is 0.484 e. The number of amides is 1. The maximum atomic E-state index is 13.2. The smallest absolute Gasteiger partial charge is 0.235 e. The molecule has 4 rings (SSSR count). The highest BCUT2D eigenvalue weighted by Gasteiger charge is 2.32. The van der Waals surface area contributed by atoms with Crippen molar-refractivity contribution >= 4 is 45.6 Å². The van der Waals surface area contributed by atoms with Crippen molar-refractivity contribution in [2.45, 2.75) is 51.8 Å². The average Bonchev–Trinajstić information content (AvgIpc) is 3.34. The topological polar surface area (TPSA) is 92.8 Å². The third-order valence-corrected chi connectivity index (χ3v) is 8.85. The van der Waals surface area contributed by atoms with Crippen LogP contribution in [0.25, 0.3) is 0 Å². The molecular formula is C25H27ClFN5O2S2. The van der Waals surface area contributed by atoms with Gasteiger partial charge in [-0.2, -0.15) is 5.26 Å². The van der Waals surface area contributed by atoms with Crippen LogP contribution in [0.15, 0.2) is 23.4 Å². The summed E-state index contributed by atoms with van der Waals surface area (Å²) in [5, 5.41) is 22.3. The second-order valence-corrected chi connectivity index (χ2v) is 12.2. The maximum Gasteiger partial charge on any atom is 0.235 e. The quantitative estimate of drug-likeness (QED) is 0.365. The zero-order valence-electron chi connectivity index (χ0n) is 20.5. The van der Waals surface area contributed by atoms with Crippen LogP contribution in [0.2, 0.25) is 5.02 Å². The van der Waals surface area contributed by atoms with Gasteiger partial charge >= 0.3 is 0 Å². The van der Waals surface area contributed by atoms with E-state index in [9.17, 15) is 14.4 Å². The van der Waals surface area contributed by atoms with Gasteiger partial charge in [0, 0.05) is 11.9 Å². The Balaban J connectivity index is 1.36. The summed E-state index contributed by atoms with van der Waals surface area (Å²) in [6.07, 6.45) is 2.86. The minimum atomic E-state index is -0.443. The minimum absolute atomic E-state index is 0.0868. The summed E-state index contributed by atoms with van der Waals surface area (Å²) in [7, 11) is 1.78. The highest BCUT2D eigenvalue weighted by atomic mass is 35.5.